The van der Waals surface area contributed by atoms with Crippen LogP contribution in [0, 0.1) is 10.1 Å². The number of nitrogens with one attached hydrogen (secondary N) is 1. The van der Waals surface area contributed by atoms with Gasteiger partial charge in [-0.15, -0.1) is 0 Å². The van der Waals surface area contributed by atoms with Gasteiger partial charge in [-0.05, 0) is 61.7 Å². The maximum atomic E-state index is 12.9. The second kappa shape index (κ2) is 7.98. The minimum absolute atomic E-state index is 0.0736. The molecule has 1 fully saturated rings. The van der Waals surface area contributed by atoms with Gasteiger partial charge in [0.2, 0.25) is 0 Å². The summed E-state index contributed by atoms with van der Waals surface area (Å²) in [5.41, 5.74) is 2.63. The molecule has 2 heterocycles. The second-order valence-electron chi connectivity index (χ2n) is 7.27. The van der Waals surface area contributed by atoms with Crippen molar-refractivity contribution >= 4 is 34.4 Å². The summed E-state index contributed by atoms with van der Waals surface area (Å²) in [6, 6.07) is 13.4. The molecule has 0 spiro atoms. The lowest BCUT2D eigenvalue weighted by atomic mass is 10.0. The fraction of sp³-hybridized carbons (Fsp3) is 0.273. The van der Waals surface area contributed by atoms with Gasteiger partial charge in [-0.25, -0.2) is 0 Å². The van der Waals surface area contributed by atoms with Crippen molar-refractivity contribution in [3.05, 3.63) is 69.9 Å². The molecule has 0 atom stereocenters. The molecular weight excluding hydrogens is 384 g/mol. The fourth-order valence-electron chi connectivity index (χ4n) is 3.87. The lowest BCUT2D eigenvalue weighted by molar-refractivity contribution is -0.384. The van der Waals surface area contributed by atoms with E-state index in [1.54, 1.807) is 6.92 Å². The predicted octanol–water partition coefficient (Wildman–Crippen LogP) is 3.41. The van der Waals surface area contributed by atoms with E-state index in [-0.39, 0.29) is 23.5 Å². The Morgan fingerprint density at radius 3 is 2.17 bits per heavy atom. The highest BCUT2D eigenvalue weighted by atomic mass is 16.6. The monoisotopic (exact) mass is 406 g/mol. The number of hydrogen-bond donors (Lipinski definition) is 1. The van der Waals surface area contributed by atoms with Crippen LogP contribution in [0.1, 0.15) is 25.3 Å². The zero-order valence-corrected chi connectivity index (χ0v) is 16.6. The number of benzene rings is 2. The van der Waals surface area contributed by atoms with Crippen molar-refractivity contribution in [3.63, 3.8) is 0 Å². The molecule has 0 radical (unpaired) electrons. The van der Waals surface area contributed by atoms with E-state index in [1.807, 2.05) is 24.3 Å². The summed E-state index contributed by atoms with van der Waals surface area (Å²) in [6.45, 7) is 4.06. The number of rotatable bonds is 6. The molecule has 0 aromatic heterocycles. The molecule has 30 heavy (non-hydrogen) atoms. The van der Waals surface area contributed by atoms with Crippen molar-refractivity contribution in [3.8, 4) is 0 Å². The average Bonchev–Trinajstić information content (AvgIpc) is 3.36. The SMILES string of the molecule is CCN1C(=O)C(Nc2ccc(N3CCCC3)cc2)=C(c2ccc([N+](=O)[O-])cc2)C1=O. The van der Waals surface area contributed by atoms with Gasteiger partial charge in [0.25, 0.3) is 17.5 Å². The number of likely N-dealkylation sites (N-methyl/N-ethyl adjacent to an activating group) is 1. The van der Waals surface area contributed by atoms with Gasteiger partial charge in [0.1, 0.15) is 5.70 Å². The van der Waals surface area contributed by atoms with E-state index in [9.17, 15) is 19.7 Å². The summed E-state index contributed by atoms with van der Waals surface area (Å²) >= 11 is 0. The van der Waals surface area contributed by atoms with Crippen molar-refractivity contribution < 1.29 is 14.5 Å². The topological polar surface area (TPSA) is 95.8 Å². The summed E-state index contributed by atoms with van der Waals surface area (Å²) < 4.78 is 0. The molecule has 0 bridgehead atoms. The molecule has 1 N–H and O–H groups in total. The van der Waals surface area contributed by atoms with Crippen LogP contribution in [0.25, 0.3) is 5.57 Å². The lowest BCUT2D eigenvalue weighted by Crippen LogP contribution is -2.32. The Kier molecular flexibility index (Phi) is 5.22. The molecule has 0 unspecified atom stereocenters. The normalized spacial score (nSPS) is 16.6. The van der Waals surface area contributed by atoms with Crippen LogP contribution in [0.3, 0.4) is 0 Å². The number of carbonyl (C=O) groups is 2. The Labute approximate surface area is 173 Å². The van der Waals surface area contributed by atoms with Gasteiger partial charge in [-0.1, -0.05) is 0 Å². The molecule has 2 aliphatic heterocycles. The molecule has 4 rings (SSSR count). The summed E-state index contributed by atoms with van der Waals surface area (Å²) in [4.78, 5) is 39.6. The van der Waals surface area contributed by atoms with E-state index in [0.717, 1.165) is 23.7 Å². The number of nitrogens with zero attached hydrogens (tertiary/aromatic N) is 3. The molecule has 1 saturated heterocycles. The smallest absolute Gasteiger partial charge is 0.278 e. The van der Waals surface area contributed by atoms with E-state index in [1.165, 1.54) is 37.1 Å². The summed E-state index contributed by atoms with van der Waals surface area (Å²) in [5.74, 6) is -0.813. The Balaban J connectivity index is 1.66. The van der Waals surface area contributed by atoms with Crippen molar-refractivity contribution in [2.45, 2.75) is 19.8 Å². The van der Waals surface area contributed by atoms with Gasteiger partial charge in [-0.2, -0.15) is 0 Å². The highest BCUT2D eigenvalue weighted by Gasteiger charge is 2.38. The first-order valence-electron chi connectivity index (χ1n) is 9.97. The lowest BCUT2D eigenvalue weighted by Gasteiger charge is -2.18. The molecule has 2 aromatic rings. The van der Waals surface area contributed by atoms with Gasteiger partial charge in [0.05, 0.1) is 10.5 Å². The van der Waals surface area contributed by atoms with E-state index >= 15 is 0 Å². The quantitative estimate of drug-likeness (QED) is 0.449. The van der Waals surface area contributed by atoms with Crippen LogP contribution < -0.4 is 10.2 Å². The highest BCUT2D eigenvalue weighted by molar-refractivity contribution is 6.36. The maximum absolute atomic E-state index is 12.9. The van der Waals surface area contributed by atoms with E-state index in [0.29, 0.717) is 11.3 Å². The number of non-ortho nitro benzene ring substituents is 1. The first-order valence-corrected chi connectivity index (χ1v) is 9.97. The van der Waals surface area contributed by atoms with Crippen LogP contribution in [0.5, 0.6) is 0 Å². The van der Waals surface area contributed by atoms with E-state index < -0.39 is 16.7 Å². The Hall–Kier alpha value is -3.68. The van der Waals surface area contributed by atoms with Gasteiger partial charge in [0, 0.05) is 43.1 Å². The first kappa shape index (κ1) is 19.6. The number of nitro benzene ring substituents is 1. The molecule has 2 aromatic carbocycles. The third-order valence-electron chi connectivity index (χ3n) is 5.46. The molecule has 0 saturated carbocycles. The number of nitro groups is 1. The summed E-state index contributed by atoms with van der Waals surface area (Å²) in [7, 11) is 0. The van der Waals surface area contributed by atoms with Crippen LogP contribution in [-0.4, -0.2) is 41.3 Å². The second-order valence-corrected chi connectivity index (χ2v) is 7.27. The van der Waals surface area contributed by atoms with Crippen LogP contribution in [0.15, 0.2) is 54.2 Å². The molecule has 2 aliphatic rings. The Morgan fingerprint density at radius 1 is 0.967 bits per heavy atom. The minimum Gasteiger partial charge on any atom is -0.372 e. The number of carbonyl (C=O) groups excluding carboxylic acids is 2. The molecule has 154 valence electrons. The number of amides is 2. The first-order chi connectivity index (χ1) is 14.5. The minimum atomic E-state index is -0.501. The van der Waals surface area contributed by atoms with Gasteiger partial charge < -0.3 is 10.2 Å². The molecule has 8 nitrogen and oxygen atoms in total. The highest BCUT2D eigenvalue weighted by Crippen LogP contribution is 2.32. The van der Waals surface area contributed by atoms with Crippen LogP contribution in [0.4, 0.5) is 17.1 Å². The van der Waals surface area contributed by atoms with Crippen LogP contribution >= 0.6 is 0 Å². The predicted molar refractivity (Wildman–Crippen MR) is 114 cm³/mol. The standard InChI is InChI=1S/C22H22N4O4/c1-2-25-21(27)19(15-5-9-18(10-6-15)26(29)30)20(22(25)28)23-16-7-11-17(12-8-16)24-13-3-4-14-24/h5-12,23H,2-4,13-14H2,1H3. The number of hydrogen-bond acceptors (Lipinski definition) is 6. The van der Waals surface area contributed by atoms with Crippen LogP contribution in [0.2, 0.25) is 0 Å². The Bertz CT molecular complexity index is 1020. The van der Waals surface area contributed by atoms with Gasteiger partial charge >= 0.3 is 0 Å². The molecule has 0 aliphatic carbocycles. The Morgan fingerprint density at radius 2 is 1.60 bits per heavy atom. The number of imide groups is 1. The average molecular weight is 406 g/mol. The zero-order chi connectivity index (χ0) is 21.3. The van der Waals surface area contributed by atoms with E-state index in [2.05, 4.69) is 10.2 Å². The molecule has 8 heteroatoms. The van der Waals surface area contributed by atoms with Crippen molar-refractivity contribution in [2.24, 2.45) is 0 Å². The van der Waals surface area contributed by atoms with Crippen molar-refractivity contribution in [1.82, 2.24) is 4.90 Å². The van der Waals surface area contributed by atoms with Crippen molar-refractivity contribution in [2.75, 3.05) is 29.9 Å². The molecule has 2 amide bonds. The maximum Gasteiger partial charge on any atom is 0.278 e. The summed E-state index contributed by atoms with van der Waals surface area (Å²) in [5, 5.41) is 14.0. The van der Waals surface area contributed by atoms with Crippen LogP contribution in [-0.2, 0) is 9.59 Å². The van der Waals surface area contributed by atoms with Crippen molar-refractivity contribution in [1.29, 1.82) is 0 Å². The fourth-order valence-corrected chi connectivity index (χ4v) is 3.87. The van der Waals surface area contributed by atoms with Gasteiger partial charge in [-0.3, -0.25) is 24.6 Å². The number of anilines is 2. The molecular formula is C22H22N4O4. The largest absolute Gasteiger partial charge is 0.372 e. The third-order valence-corrected chi connectivity index (χ3v) is 5.46. The van der Waals surface area contributed by atoms with E-state index in [4.69, 9.17) is 0 Å². The third kappa shape index (κ3) is 3.52. The zero-order valence-electron chi connectivity index (χ0n) is 16.6. The summed E-state index contributed by atoms with van der Waals surface area (Å²) in [6.07, 6.45) is 2.38. The van der Waals surface area contributed by atoms with Gasteiger partial charge in [0.15, 0.2) is 0 Å².